The lowest BCUT2D eigenvalue weighted by Crippen LogP contribution is -2.41. The van der Waals surface area contributed by atoms with E-state index in [0.29, 0.717) is 16.3 Å². The third-order valence-corrected chi connectivity index (χ3v) is 2.70. The van der Waals surface area contributed by atoms with Crippen LogP contribution in [0.5, 0.6) is 5.75 Å². The van der Waals surface area contributed by atoms with Gasteiger partial charge in [-0.15, -0.1) is 0 Å². The third kappa shape index (κ3) is 1.46. The number of carboxylic acids is 1. The van der Waals surface area contributed by atoms with Gasteiger partial charge < -0.3 is 14.9 Å². The van der Waals surface area contributed by atoms with E-state index in [4.69, 9.17) is 21.4 Å². The zero-order chi connectivity index (χ0) is 11.2. The number of hydrogen-bond acceptors (Lipinski definition) is 3. The Morgan fingerprint density at radius 1 is 1.60 bits per heavy atom. The molecule has 0 radical (unpaired) electrons. The van der Waals surface area contributed by atoms with E-state index in [1.54, 1.807) is 12.1 Å². The van der Waals surface area contributed by atoms with Crippen LogP contribution in [-0.2, 0) is 10.4 Å². The van der Waals surface area contributed by atoms with E-state index in [2.05, 4.69) is 0 Å². The highest BCUT2D eigenvalue weighted by molar-refractivity contribution is 6.30. The van der Waals surface area contributed by atoms with Crippen LogP contribution >= 0.6 is 11.6 Å². The molecule has 0 amide bonds. The number of aliphatic carboxylic acids is 1. The summed E-state index contributed by atoms with van der Waals surface area (Å²) >= 11 is 5.76. The topological polar surface area (TPSA) is 66.8 Å². The standard InChI is InChI=1S/C10H9ClO4/c1-10(14)6-4-5(11)2-3-7(6)15-8(10)9(12)13/h2-4,8,14H,1H3,(H,12,13)/t8-,10-/m1/s1. The van der Waals surface area contributed by atoms with Crippen LogP contribution in [0.1, 0.15) is 12.5 Å². The highest BCUT2D eigenvalue weighted by Gasteiger charge is 2.48. The van der Waals surface area contributed by atoms with Crippen LogP contribution in [-0.4, -0.2) is 22.3 Å². The molecule has 80 valence electrons. The number of carboxylic acid groups (broad SMARTS) is 1. The maximum Gasteiger partial charge on any atom is 0.348 e. The number of ether oxygens (including phenoxy) is 1. The minimum absolute atomic E-state index is 0.358. The second-order valence-electron chi connectivity index (χ2n) is 3.62. The number of carbonyl (C=O) groups is 1. The van der Waals surface area contributed by atoms with E-state index < -0.39 is 17.7 Å². The molecule has 1 aromatic rings. The van der Waals surface area contributed by atoms with E-state index in [9.17, 15) is 9.90 Å². The van der Waals surface area contributed by atoms with E-state index >= 15 is 0 Å². The summed E-state index contributed by atoms with van der Waals surface area (Å²) in [6, 6.07) is 4.65. The molecule has 0 saturated heterocycles. The van der Waals surface area contributed by atoms with Gasteiger partial charge in [0.15, 0.2) is 0 Å². The Morgan fingerprint density at radius 2 is 2.27 bits per heavy atom. The fourth-order valence-corrected chi connectivity index (χ4v) is 1.85. The zero-order valence-electron chi connectivity index (χ0n) is 7.90. The van der Waals surface area contributed by atoms with Gasteiger partial charge in [-0.2, -0.15) is 0 Å². The quantitative estimate of drug-likeness (QED) is 0.762. The lowest BCUT2D eigenvalue weighted by atomic mass is 9.92. The molecule has 2 atom stereocenters. The molecule has 0 unspecified atom stereocenters. The predicted molar refractivity (Wildman–Crippen MR) is 53.1 cm³/mol. The molecule has 0 saturated carbocycles. The van der Waals surface area contributed by atoms with Gasteiger partial charge >= 0.3 is 5.97 Å². The monoisotopic (exact) mass is 228 g/mol. The lowest BCUT2D eigenvalue weighted by molar-refractivity contribution is -0.155. The minimum Gasteiger partial charge on any atom is -0.478 e. The summed E-state index contributed by atoms with van der Waals surface area (Å²) in [7, 11) is 0. The van der Waals surface area contributed by atoms with Gasteiger partial charge in [-0.05, 0) is 25.1 Å². The lowest BCUT2D eigenvalue weighted by Gasteiger charge is -2.20. The molecule has 5 heteroatoms. The fraction of sp³-hybridized carbons (Fsp3) is 0.300. The van der Waals surface area contributed by atoms with E-state index in [1.165, 1.54) is 13.0 Å². The molecule has 0 aromatic heterocycles. The second-order valence-corrected chi connectivity index (χ2v) is 4.06. The van der Waals surface area contributed by atoms with Crippen molar-refractivity contribution in [2.45, 2.75) is 18.6 Å². The molecule has 1 aromatic carbocycles. The van der Waals surface area contributed by atoms with Gasteiger partial charge in [0, 0.05) is 10.6 Å². The summed E-state index contributed by atoms with van der Waals surface area (Å²) in [4.78, 5) is 10.9. The van der Waals surface area contributed by atoms with Crippen LogP contribution in [0.4, 0.5) is 0 Å². The summed E-state index contributed by atoms with van der Waals surface area (Å²) in [5, 5.41) is 19.3. The minimum atomic E-state index is -1.55. The molecule has 0 spiro atoms. The smallest absolute Gasteiger partial charge is 0.348 e. The number of halogens is 1. The molecule has 0 bridgehead atoms. The Bertz CT molecular complexity index is 427. The van der Waals surface area contributed by atoms with Crippen molar-refractivity contribution >= 4 is 17.6 Å². The maximum atomic E-state index is 10.9. The predicted octanol–water partition coefficient (Wildman–Crippen LogP) is 1.39. The van der Waals surface area contributed by atoms with Crippen LogP contribution in [0.15, 0.2) is 18.2 Å². The Morgan fingerprint density at radius 3 is 2.87 bits per heavy atom. The van der Waals surface area contributed by atoms with Crippen LogP contribution in [0, 0.1) is 0 Å². The molecule has 15 heavy (non-hydrogen) atoms. The molecular weight excluding hydrogens is 220 g/mol. The Balaban J connectivity index is 2.53. The van der Waals surface area contributed by atoms with Crippen molar-refractivity contribution in [3.8, 4) is 5.75 Å². The van der Waals surface area contributed by atoms with Crippen molar-refractivity contribution in [3.05, 3.63) is 28.8 Å². The molecule has 0 fully saturated rings. The molecule has 1 heterocycles. The summed E-state index contributed by atoms with van der Waals surface area (Å²) in [5.41, 5.74) is -1.14. The van der Waals surface area contributed by atoms with Crippen LogP contribution < -0.4 is 4.74 Å². The molecule has 0 aliphatic carbocycles. The first kappa shape index (κ1) is 10.3. The van der Waals surface area contributed by atoms with Crippen LogP contribution in [0.3, 0.4) is 0 Å². The summed E-state index contributed by atoms with van der Waals surface area (Å²) in [6.07, 6.45) is -1.29. The Hall–Kier alpha value is -1.26. The largest absolute Gasteiger partial charge is 0.478 e. The maximum absolute atomic E-state index is 10.9. The first-order valence-corrected chi connectivity index (χ1v) is 4.72. The van der Waals surface area contributed by atoms with Crippen LogP contribution in [0.25, 0.3) is 0 Å². The van der Waals surface area contributed by atoms with E-state index in [0.717, 1.165) is 0 Å². The van der Waals surface area contributed by atoms with E-state index in [-0.39, 0.29) is 0 Å². The zero-order valence-corrected chi connectivity index (χ0v) is 8.65. The van der Waals surface area contributed by atoms with Crippen molar-refractivity contribution in [1.29, 1.82) is 0 Å². The molecule has 2 rings (SSSR count). The second kappa shape index (κ2) is 3.12. The Labute approximate surface area is 91.1 Å². The SMILES string of the molecule is C[C@@]1(O)c2cc(Cl)ccc2O[C@@H]1C(=O)O. The molecule has 1 aliphatic rings. The van der Waals surface area contributed by atoms with Crippen molar-refractivity contribution in [1.82, 2.24) is 0 Å². The first-order chi connectivity index (χ1) is 6.93. The average molecular weight is 229 g/mol. The van der Waals surface area contributed by atoms with Crippen molar-refractivity contribution in [2.24, 2.45) is 0 Å². The normalized spacial score (nSPS) is 28.3. The fourth-order valence-electron chi connectivity index (χ4n) is 1.67. The van der Waals surface area contributed by atoms with Crippen molar-refractivity contribution in [2.75, 3.05) is 0 Å². The van der Waals surface area contributed by atoms with Gasteiger partial charge in [0.25, 0.3) is 0 Å². The van der Waals surface area contributed by atoms with Gasteiger partial charge in [0.05, 0.1) is 0 Å². The van der Waals surface area contributed by atoms with Crippen molar-refractivity contribution < 1.29 is 19.7 Å². The summed E-state index contributed by atoms with van der Waals surface area (Å²) in [5.74, 6) is -0.843. The summed E-state index contributed by atoms with van der Waals surface area (Å²) in [6.45, 7) is 1.40. The number of hydrogen-bond donors (Lipinski definition) is 2. The van der Waals surface area contributed by atoms with Crippen LogP contribution in [0.2, 0.25) is 5.02 Å². The molecule has 1 aliphatic heterocycles. The third-order valence-electron chi connectivity index (χ3n) is 2.47. The summed E-state index contributed by atoms with van der Waals surface area (Å²) < 4.78 is 5.13. The van der Waals surface area contributed by atoms with Gasteiger partial charge in [-0.3, -0.25) is 0 Å². The highest BCUT2D eigenvalue weighted by Crippen LogP contribution is 2.42. The van der Waals surface area contributed by atoms with Crippen molar-refractivity contribution in [3.63, 3.8) is 0 Å². The average Bonchev–Trinajstić information content (AvgIpc) is 2.39. The van der Waals surface area contributed by atoms with Gasteiger partial charge in [0.2, 0.25) is 6.10 Å². The number of benzene rings is 1. The number of rotatable bonds is 1. The highest BCUT2D eigenvalue weighted by atomic mass is 35.5. The molecular formula is C10H9ClO4. The van der Waals surface area contributed by atoms with Gasteiger partial charge in [-0.25, -0.2) is 4.79 Å². The van der Waals surface area contributed by atoms with E-state index in [1.807, 2.05) is 0 Å². The number of fused-ring (bicyclic) bond motifs is 1. The van der Waals surface area contributed by atoms with Gasteiger partial charge in [-0.1, -0.05) is 11.6 Å². The Kier molecular flexibility index (Phi) is 2.13. The number of aliphatic hydroxyl groups is 1. The van der Waals surface area contributed by atoms with Gasteiger partial charge in [0.1, 0.15) is 11.4 Å². The first-order valence-electron chi connectivity index (χ1n) is 4.35. The molecule has 4 nitrogen and oxygen atoms in total. The molecule has 2 N–H and O–H groups in total.